The minimum atomic E-state index is -0.683. The molecule has 6 heteroatoms. The normalized spacial score (nSPS) is 11.7. The van der Waals surface area contributed by atoms with Crippen LogP contribution in [0.4, 0.5) is 0 Å². The molecule has 0 amide bonds. The monoisotopic (exact) mass is 395 g/mol. The highest BCUT2D eigenvalue weighted by Crippen LogP contribution is 2.34. The topological polar surface area (TPSA) is 61.7 Å². The molecule has 1 rings (SSSR count). The standard InChI is InChI=1S/C13H19Br2NO3/c1-3-19-12-10(14)4-9(5-11(12)15)6-16-13(2,7-17)8-18/h4-5,16-18H,3,6-8H2,1-2H3. The highest BCUT2D eigenvalue weighted by Gasteiger charge is 2.21. The maximum absolute atomic E-state index is 9.23. The Hall–Kier alpha value is -0.140. The number of nitrogens with one attached hydrogen (secondary N) is 1. The first-order valence-electron chi connectivity index (χ1n) is 6.03. The number of halogens is 2. The zero-order valence-electron chi connectivity index (χ0n) is 11.0. The predicted octanol–water partition coefficient (Wildman–Crippen LogP) is 2.44. The fourth-order valence-corrected chi connectivity index (χ4v) is 2.98. The van der Waals surface area contributed by atoms with Crippen LogP contribution in [0, 0.1) is 0 Å². The van der Waals surface area contributed by atoms with Crippen molar-refractivity contribution in [1.82, 2.24) is 5.32 Å². The van der Waals surface area contributed by atoms with Crippen LogP contribution in [0.25, 0.3) is 0 Å². The van der Waals surface area contributed by atoms with Gasteiger partial charge in [0.1, 0.15) is 5.75 Å². The molecule has 1 aromatic rings. The Kier molecular flexibility index (Phi) is 6.76. The number of rotatable bonds is 7. The molecule has 0 saturated heterocycles. The molecular formula is C13H19Br2NO3. The summed E-state index contributed by atoms with van der Waals surface area (Å²) in [5.41, 5.74) is 0.340. The van der Waals surface area contributed by atoms with Gasteiger partial charge in [0.05, 0.1) is 34.3 Å². The summed E-state index contributed by atoms with van der Waals surface area (Å²) in [7, 11) is 0. The summed E-state index contributed by atoms with van der Waals surface area (Å²) in [6.45, 7) is 4.60. The molecule has 1 aromatic carbocycles. The molecule has 0 unspecified atom stereocenters. The van der Waals surface area contributed by atoms with Crippen LogP contribution in [-0.2, 0) is 6.54 Å². The average Bonchev–Trinajstić information content (AvgIpc) is 2.40. The van der Waals surface area contributed by atoms with Gasteiger partial charge in [0.25, 0.3) is 0 Å². The van der Waals surface area contributed by atoms with Gasteiger partial charge in [-0.3, -0.25) is 0 Å². The third-order valence-electron chi connectivity index (χ3n) is 2.76. The zero-order chi connectivity index (χ0) is 14.5. The number of hydrogen-bond acceptors (Lipinski definition) is 4. The molecule has 0 bridgehead atoms. The average molecular weight is 397 g/mol. The van der Waals surface area contributed by atoms with E-state index in [0.29, 0.717) is 13.2 Å². The molecule has 4 nitrogen and oxygen atoms in total. The molecule has 0 aliphatic rings. The Morgan fingerprint density at radius 1 is 1.21 bits per heavy atom. The first kappa shape index (κ1) is 16.9. The van der Waals surface area contributed by atoms with E-state index >= 15 is 0 Å². The van der Waals surface area contributed by atoms with Crippen LogP contribution in [0.5, 0.6) is 5.75 Å². The van der Waals surface area contributed by atoms with Crippen molar-refractivity contribution in [3.8, 4) is 5.75 Å². The summed E-state index contributed by atoms with van der Waals surface area (Å²) < 4.78 is 7.26. The van der Waals surface area contributed by atoms with Gasteiger partial charge in [-0.15, -0.1) is 0 Å². The van der Waals surface area contributed by atoms with Crippen molar-refractivity contribution in [3.63, 3.8) is 0 Å². The smallest absolute Gasteiger partial charge is 0.147 e. The Labute approximate surface area is 130 Å². The summed E-state index contributed by atoms with van der Waals surface area (Å²) in [6, 6.07) is 3.91. The van der Waals surface area contributed by atoms with E-state index in [1.807, 2.05) is 19.1 Å². The molecule has 0 saturated carbocycles. The molecule has 0 radical (unpaired) electrons. The molecule has 0 atom stereocenters. The Morgan fingerprint density at radius 3 is 2.16 bits per heavy atom. The van der Waals surface area contributed by atoms with Gasteiger partial charge in [-0.1, -0.05) is 0 Å². The Balaban J connectivity index is 2.81. The van der Waals surface area contributed by atoms with Gasteiger partial charge in [0, 0.05) is 6.54 Å². The van der Waals surface area contributed by atoms with E-state index in [-0.39, 0.29) is 13.2 Å². The lowest BCUT2D eigenvalue weighted by Crippen LogP contribution is -2.48. The zero-order valence-corrected chi connectivity index (χ0v) is 14.2. The third-order valence-corrected chi connectivity index (χ3v) is 3.94. The highest BCUT2D eigenvalue weighted by atomic mass is 79.9. The van der Waals surface area contributed by atoms with Gasteiger partial charge < -0.3 is 20.3 Å². The van der Waals surface area contributed by atoms with Crippen LogP contribution in [0.3, 0.4) is 0 Å². The van der Waals surface area contributed by atoms with Crippen LogP contribution < -0.4 is 10.1 Å². The van der Waals surface area contributed by atoms with Crippen LogP contribution in [0.15, 0.2) is 21.1 Å². The second-order valence-corrected chi connectivity index (χ2v) is 6.26. The molecular weight excluding hydrogens is 378 g/mol. The molecule has 0 heterocycles. The first-order chi connectivity index (χ1) is 8.95. The van der Waals surface area contributed by atoms with E-state index in [9.17, 15) is 10.2 Å². The number of aliphatic hydroxyl groups excluding tert-OH is 2. The van der Waals surface area contributed by atoms with Crippen molar-refractivity contribution in [3.05, 3.63) is 26.6 Å². The Morgan fingerprint density at radius 2 is 1.74 bits per heavy atom. The summed E-state index contributed by atoms with van der Waals surface area (Å²) in [5.74, 6) is 0.776. The van der Waals surface area contributed by atoms with Gasteiger partial charge in [0.15, 0.2) is 0 Å². The van der Waals surface area contributed by atoms with Gasteiger partial charge in [-0.05, 0) is 63.4 Å². The maximum atomic E-state index is 9.23. The summed E-state index contributed by atoms with van der Waals surface area (Å²) in [6.07, 6.45) is 0. The first-order valence-corrected chi connectivity index (χ1v) is 7.62. The van der Waals surface area contributed by atoms with Crippen molar-refractivity contribution in [1.29, 1.82) is 0 Å². The van der Waals surface area contributed by atoms with Gasteiger partial charge in [-0.25, -0.2) is 0 Å². The molecule has 19 heavy (non-hydrogen) atoms. The molecule has 3 N–H and O–H groups in total. The summed E-state index contributed by atoms with van der Waals surface area (Å²) in [4.78, 5) is 0. The fourth-order valence-electron chi connectivity index (χ4n) is 1.47. The maximum Gasteiger partial charge on any atom is 0.147 e. The van der Waals surface area contributed by atoms with Gasteiger partial charge in [-0.2, -0.15) is 0 Å². The molecule has 0 fully saturated rings. The third kappa shape index (κ3) is 4.72. The van der Waals surface area contributed by atoms with Crippen LogP contribution in [0.2, 0.25) is 0 Å². The number of benzene rings is 1. The molecule has 108 valence electrons. The largest absolute Gasteiger partial charge is 0.492 e. The number of ether oxygens (including phenoxy) is 1. The lowest BCUT2D eigenvalue weighted by Gasteiger charge is -2.26. The summed E-state index contributed by atoms with van der Waals surface area (Å²) >= 11 is 6.94. The lowest BCUT2D eigenvalue weighted by atomic mass is 10.0. The van der Waals surface area contributed by atoms with E-state index in [1.54, 1.807) is 6.92 Å². The van der Waals surface area contributed by atoms with Crippen LogP contribution in [-0.4, -0.2) is 35.6 Å². The van der Waals surface area contributed by atoms with E-state index in [1.165, 1.54) is 0 Å². The van der Waals surface area contributed by atoms with Crippen molar-refractivity contribution in [2.75, 3.05) is 19.8 Å². The fraction of sp³-hybridized carbons (Fsp3) is 0.538. The van der Waals surface area contributed by atoms with Crippen molar-refractivity contribution < 1.29 is 14.9 Å². The van der Waals surface area contributed by atoms with Crippen LogP contribution in [0.1, 0.15) is 19.4 Å². The van der Waals surface area contributed by atoms with E-state index in [2.05, 4.69) is 37.2 Å². The second-order valence-electron chi connectivity index (χ2n) is 4.55. The molecule has 0 spiro atoms. The minimum absolute atomic E-state index is 0.122. The van der Waals surface area contributed by atoms with E-state index in [0.717, 1.165) is 20.3 Å². The number of hydrogen-bond donors (Lipinski definition) is 3. The van der Waals surface area contributed by atoms with Gasteiger partial charge in [0.2, 0.25) is 0 Å². The SMILES string of the molecule is CCOc1c(Br)cc(CNC(C)(CO)CO)cc1Br. The van der Waals surface area contributed by atoms with Crippen LogP contribution >= 0.6 is 31.9 Å². The number of aliphatic hydroxyl groups is 2. The van der Waals surface area contributed by atoms with Crippen molar-refractivity contribution in [2.24, 2.45) is 0 Å². The lowest BCUT2D eigenvalue weighted by molar-refractivity contribution is 0.103. The summed E-state index contributed by atoms with van der Waals surface area (Å²) in [5, 5.41) is 21.6. The Bertz CT molecular complexity index is 399. The van der Waals surface area contributed by atoms with E-state index < -0.39 is 5.54 Å². The van der Waals surface area contributed by atoms with E-state index in [4.69, 9.17) is 4.74 Å². The van der Waals surface area contributed by atoms with Crippen molar-refractivity contribution >= 4 is 31.9 Å². The molecule has 0 aliphatic heterocycles. The second kappa shape index (κ2) is 7.59. The molecule has 0 aromatic heterocycles. The minimum Gasteiger partial charge on any atom is -0.492 e. The van der Waals surface area contributed by atoms with Gasteiger partial charge >= 0.3 is 0 Å². The predicted molar refractivity (Wildman–Crippen MR) is 82.4 cm³/mol. The molecule has 0 aliphatic carbocycles. The highest BCUT2D eigenvalue weighted by molar-refractivity contribution is 9.11. The van der Waals surface area contributed by atoms with Crippen molar-refractivity contribution in [2.45, 2.75) is 25.9 Å². The quantitative estimate of drug-likeness (QED) is 0.662.